The van der Waals surface area contributed by atoms with Crippen molar-refractivity contribution in [1.29, 1.82) is 0 Å². The Morgan fingerprint density at radius 1 is 1.26 bits per heavy atom. The molecule has 0 atom stereocenters. The van der Waals surface area contributed by atoms with Crippen molar-refractivity contribution in [2.45, 2.75) is 46.0 Å². The van der Waals surface area contributed by atoms with Crippen LogP contribution in [0.25, 0.3) is 6.08 Å². The molecule has 1 aromatic carbocycles. The van der Waals surface area contributed by atoms with E-state index in [9.17, 15) is 0 Å². The first kappa shape index (κ1) is 15.6. The fourth-order valence-electron chi connectivity index (χ4n) is 2.02. The number of hydrogen-bond donors (Lipinski definition) is 0. The van der Waals surface area contributed by atoms with Gasteiger partial charge in [-0.25, -0.2) is 0 Å². The second-order valence-electron chi connectivity index (χ2n) is 4.53. The molecule has 0 bridgehead atoms. The van der Waals surface area contributed by atoms with Gasteiger partial charge in [0, 0.05) is 11.6 Å². The first-order chi connectivity index (χ1) is 9.26. The first-order valence-corrected chi connectivity index (χ1v) is 7.07. The molecule has 0 fully saturated rings. The number of ether oxygens (including phenoxy) is 2. The van der Waals surface area contributed by atoms with E-state index < -0.39 is 0 Å². The van der Waals surface area contributed by atoms with E-state index >= 15 is 0 Å². The molecule has 0 aromatic heterocycles. The summed E-state index contributed by atoms with van der Waals surface area (Å²) in [6.07, 6.45) is 7.15. The van der Waals surface area contributed by atoms with Crippen molar-refractivity contribution < 1.29 is 9.47 Å². The second-order valence-corrected chi connectivity index (χ2v) is 4.53. The van der Waals surface area contributed by atoms with Crippen LogP contribution in [0.2, 0.25) is 0 Å². The van der Waals surface area contributed by atoms with E-state index in [4.69, 9.17) is 16.1 Å². The van der Waals surface area contributed by atoms with Crippen LogP contribution >= 0.6 is 0 Å². The van der Waals surface area contributed by atoms with Gasteiger partial charge in [-0.15, -0.1) is 0 Å². The number of methoxy groups -OCH3 is 1. The lowest BCUT2D eigenvalue weighted by Gasteiger charge is -2.14. The second kappa shape index (κ2) is 8.63. The zero-order valence-electron chi connectivity index (χ0n) is 12.3. The molecule has 1 aromatic rings. The molecule has 2 radical (unpaired) electrons. The Balaban J connectivity index is 2.76. The monoisotopic (exact) mass is 260 g/mol. The highest BCUT2D eigenvalue weighted by Crippen LogP contribution is 2.31. The Morgan fingerprint density at radius 2 is 2.05 bits per heavy atom. The Hall–Kier alpha value is -1.44. The van der Waals surface area contributed by atoms with Gasteiger partial charge in [0.25, 0.3) is 0 Å². The molecule has 0 unspecified atom stereocenters. The number of hydrogen-bond acceptors (Lipinski definition) is 2. The predicted molar refractivity (Wildman–Crippen MR) is 79.6 cm³/mol. The minimum absolute atomic E-state index is 0.723. The van der Waals surface area contributed by atoms with Crippen LogP contribution in [0.5, 0.6) is 11.5 Å². The van der Waals surface area contributed by atoms with Gasteiger partial charge in [-0.2, -0.15) is 0 Å². The molecule has 0 aliphatic rings. The standard InChI is InChI=1S/C17H24O2/c1-5-8-9-10-11-19-17-13-14(6-2)12-16(18-4)15(17)7-3/h2,6,12H,5,7-11H2,1,3-4H3. The van der Waals surface area contributed by atoms with Crippen molar-refractivity contribution in [1.82, 2.24) is 0 Å². The molecule has 0 amide bonds. The van der Waals surface area contributed by atoms with E-state index in [1.54, 1.807) is 7.11 Å². The third-order valence-electron chi connectivity index (χ3n) is 3.11. The van der Waals surface area contributed by atoms with Crippen LogP contribution in [0.1, 0.15) is 50.7 Å². The van der Waals surface area contributed by atoms with Crippen molar-refractivity contribution in [3.63, 3.8) is 0 Å². The van der Waals surface area contributed by atoms with Crippen LogP contribution in [0.4, 0.5) is 0 Å². The van der Waals surface area contributed by atoms with E-state index in [1.165, 1.54) is 25.3 Å². The average Bonchev–Trinajstić information content (AvgIpc) is 2.45. The van der Waals surface area contributed by atoms with E-state index in [1.807, 2.05) is 6.07 Å². The Kier molecular flexibility index (Phi) is 7.09. The van der Waals surface area contributed by atoms with Crippen molar-refractivity contribution in [3.05, 3.63) is 29.8 Å². The maximum atomic E-state index is 5.85. The molecule has 0 N–H and O–H groups in total. The summed E-state index contributed by atoms with van der Waals surface area (Å²) in [6, 6.07) is 5.09. The van der Waals surface area contributed by atoms with Crippen molar-refractivity contribution in [2.75, 3.05) is 13.7 Å². The lowest BCUT2D eigenvalue weighted by molar-refractivity contribution is 0.298. The van der Waals surface area contributed by atoms with Crippen LogP contribution in [0.15, 0.2) is 6.07 Å². The molecule has 2 heteroatoms. The molecule has 2 nitrogen and oxygen atoms in total. The van der Waals surface area contributed by atoms with Gasteiger partial charge in [0.05, 0.1) is 13.7 Å². The molecule has 0 spiro atoms. The number of rotatable bonds is 9. The molecular weight excluding hydrogens is 236 g/mol. The topological polar surface area (TPSA) is 18.5 Å². The smallest absolute Gasteiger partial charge is 0.134 e. The summed E-state index contributed by atoms with van der Waals surface area (Å²) in [6.45, 7) is 10.6. The average molecular weight is 260 g/mol. The van der Waals surface area contributed by atoms with Crippen molar-refractivity contribution in [3.8, 4) is 11.5 Å². The fraction of sp³-hybridized carbons (Fsp3) is 0.529. The van der Waals surface area contributed by atoms with Gasteiger partial charge in [0.15, 0.2) is 0 Å². The lowest BCUT2D eigenvalue weighted by atomic mass is 10.1. The van der Waals surface area contributed by atoms with Crippen molar-refractivity contribution >= 4 is 6.08 Å². The normalized spacial score (nSPS) is 10.3. The third-order valence-corrected chi connectivity index (χ3v) is 3.11. The van der Waals surface area contributed by atoms with E-state index in [-0.39, 0.29) is 0 Å². The summed E-state index contributed by atoms with van der Waals surface area (Å²) in [5, 5.41) is 0. The fourth-order valence-corrected chi connectivity index (χ4v) is 2.02. The molecule has 19 heavy (non-hydrogen) atoms. The zero-order valence-corrected chi connectivity index (χ0v) is 12.3. The van der Waals surface area contributed by atoms with Gasteiger partial charge in [0.2, 0.25) is 0 Å². The van der Waals surface area contributed by atoms with Gasteiger partial charge in [-0.1, -0.05) is 45.8 Å². The van der Waals surface area contributed by atoms with Crippen LogP contribution in [0, 0.1) is 12.6 Å². The Bertz CT molecular complexity index is 396. The van der Waals surface area contributed by atoms with Crippen LogP contribution in [0.3, 0.4) is 0 Å². The highest BCUT2D eigenvalue weighted by Gasteiger charge is 2.11. The third kappa shape index (κ3) is 4.62. The summed E-state index contributed by atoms with van der Waals surface area (Å²) in [5.74, 6) is 1.59. The lowest BCUT2D eigenvalue weighted by Crippen LogP contribution is -2.02. The van der Waals surface area contributed by atoms with Gasteiger partial charge in [-0.3, -0.25) is 0 Å². The van der Waals surface area contributed by atoms with Crippen LogP contribution in [-0.2, 0) is 6.42 Å². The maximum Gasteiger partial charge on any atom is 0.134 e. The van der Waals surface area contributed by atoms with Crippen LogP contribution in [-0.4, -0.2) is 13.7 Å². The Morgan fingerprint density at radius 3 is 2.63 bits per heavy atom. The molecule has 0 heterocycles. The van der Waals surface area contributed by atoms with Gasteiger partial charge in [0.1, 0.15) is 11.5 Å². The molecule has 1 rings (SSSR count). The summed E-state index contributed by atoms with van der Waals surface area (Å²) >= 11 is 0. The molecule has 0 aliphatic heterocycles. The summed E-state index contributed by atoms with van der Waals surface area (Å²) in [4.78, 5) is 0. The van der Waals surface area contributed by atoms with E-state index in [2.05, 4.69) is 19.9 Å². The molecule has 0 saturated heterocycles. The van der Waals surface area contributed by atoms with Crippen LogP contribution < -0.4 is 9.47 Å². The summed E-state index contributed by atoms with van der Waals surface area (Å²) in [7, 11) is 1.67. The van der Waals surface area contributed by atoms with Gasteiger partial charge < -0.3 is 9.47 Å². The highest BCUT2D eigenvalue weighted by molar-refractivity contribution is 5.56. The van der Waals surface area contributed by atoms with Crippen molar-refractivity contribution in [2.24, 2.45) is 0 Å². The molecule has 0 saturated carbocycles. The van der Waals surface area contributed by atoms with E-state index in [0.29, 0.717) is 0 Å². The highest BCUT2D eigenvalue weighted by atomic mass is 16.5. The molecular formula is C17H24O2. The Labute approximate surface area is 117 Å². The minimum atomic E-state index is 0.723. The zero-order chi connectivity index (χ0) is 14.1. The largest absolute Gasteiger partial charge is 0.496 e. The van der Waals surface area contributed by atoms with E-state index in [0.717, 1.165) is 42.1 Å². The van der Waals surface area contributed by atoms with Gasteiger partial charge >= 0.3 is 0 Å². The molecule has 0 aliphatic carbocycles. The maximum absolute atomic E-state index is 5.85. The SMILES string of the molecule is [CH]=Cc1[c]c(OCCCCCC)c(CC)c(OC)c1. The minimum Gasteiger partial charge on any atom is -0.496 e. The number of unbranched alkanes of at least 4 members (excludes halogenated alkanes) is 3. The quantitative estimate of drug-likeness (QED) is 0.610. The molecule has 104 valence electrons. The summed E-state index contributed by atoms with van der Waals surface area (Å²) in [5.41, 5.74) is 1.86. The predicted octanol–water partition coefficient (Wildman–Crippen LogP) is 4.46. The number of benzene rings is 1. The first-order valence-electron chi connectivity index (χ1n) is 7.07. The summed E-state index contributed by atoms with van der Waals surface area (Å²) < 4.78 is 11.2. The van der Waals surface area contributed by atoms with Gasteiger partial charge in [-0.05, 0) is 24.5 Å².